The van der Waals surface area contributed by atoms with Crippen LogP contribution in [0.3, 0.4) is 0 Å². The normalized spacial score (nSPS) is 11.1. The van der Waals surface area contributed by atoms with E-state index in [1.54, 1.807) is 13.1 Å². The minimum absolute atomic E-state index is 0.0448. The second kappa shape index (κ2) is 5.23. The van der Waals surface area contributed by atoms with E-state index in [2.05, 4.69) is 15.6 Å². The molecule has 1 aromatic heterocycles. The number of hydrogen-bond donors (Lipinski definition) is 3. The molecular formula is C11H17ClN4O. The molecular weight excluding hydrogens is 240 g/mol. The van der Waals surface area contributed by atoms with Crippen LogP contribution < -0.4 is 16.4 Å². The third-order valence-corrected chi connectivity index (χ3v) is 2.69. The van der Waals surface area contributed by atoms with E-state index in [0.29, 0.717) is 23.1 Å². The number of nitrogens with two attached hydrogens (primary N) is 1. The first-order valence-electron chi connectivity index (χ1n) is 5.24. The summed E-state index contributed by atoms with van der Waals surface area (Å²) in [5.41, 5.74) is 5.51. The minimum Gasteiger partial charge on any atom is -0.397 e. The summed E-state index contributed by atoms with van der Waals surface area (Å²) in [7, 11) is 1.61. The maximum absolute atomic E-state index is 11.6. The van der Waals surface area contributed by atoms with E-state index >= 15 is 0 Å². The van der Waals surface area contributed by atoms with Crippen molar-refractivity contribution in [1.29, 1.82) is 0 Å². The quantitative estimate of drug-likeness (QED) is 0.763. The molecule has 1 heterocycles. The predicted molar refractivity (Wildman–Crippen MR) is 70.0 cm³/mol. The summed E-state index contributed by atoms with van der Waals surface area (Å²) in [6, 6.07) is 1.61. The van der Waals surface area contributed by atoms with E-state index < -0.39 is 5.41 Å². The molecule has 0 fully saturated rings. The van der Waals surface area contributed by atoms with E-state index in [1.807, 2.05) is 13.8 Å². The molecule has 0 saturated carbocycles. The van der Waals surface area contributed by atoms with Crippen molar-refractivity contribution in [1.82, 2.24) is 10.3 Å². The van der Waals surface area contributed by atoms with Crippen LogP contribution in [0.25, 0.3) is 0 Å². The van der Waals surface area contributed by atoms with Gasteiger partial charge in [0.15, 0.2) is 0 Å². The van der Waals surface area contributed by atoms with E-state index in [1.165, 1.54) is 6.20 Å². The molecule has 94 valence electrons. The number of nitrogen functional groups attached to an aromatic ring is 1. The summed E-state index contributed by atoms with van der Waals surface area (Å²) in [6.07, 6.45) is 1.51. The van der Waals surface area contributed by atoms with Crippen LogP contribution in [0.2, 0.25) is 5.02 Å². The Hall–Kier alpha value is -1.49. The Morgan fingerprint density at radius 3 is 2.76 bits per heavy atom. The van der Waals surface area contributed by atoms with Crippen LogP contribution in [-0.4, -0.2) is 24.5 Å². The Morgan fingerprint density at radius 1 is 1.59 bits per heavy atom. The van der Waals surface area contributed by atoms with Gasteiger partial charge in [-0.15, -0.1) is 0 Å². The Bertz CT molecular complexity index is 420. The van der Waals surface area contributed by atoms with Crippen LogP contribution in [0.15, 0.2) is 12.3 Å². The van der Waals surface area contributed by atoms with Crippen molar-refractivity contribution < 1.29 is 4.79 Å². The molecule has 4 N–H and O–H groups in total. The van der Waals surface area contributed by atoms with Gasteiger partial charge >= 0.3 is 0 Å². The van der Waals surface area contributed by atoms with Crippen LogP contribution in [0, 0.1) is 5.41 Å². The van der Waals surface area contributed by atoms with E-state index in [0.717, 1.165) is 0 Å². The zero-order chi connectivity index (χ0) is 13.1. The van der Waals surface area contributed by atoms with Gasteiger partial charge in [-0.2, -0.15) is 0 Å². The summed E-state index contributed by atoms with van der Waals surface area (Å²) < 4.78 is 0. The monoisotopic (exact) mass is 256 g/mol. The number of aromatic nitrogens is 1. The third-order valence-electron chi connectivity index (χ3n) is 2.40. The van der Waals surface area contributed by atoms with Gasteiger partial charge in [-0.1, -0.05) is 11.6 Å². The lowest BCUT2D eigenvalue weighted by Crippen LogP contribution is -2.39. The molecule has 0 radical (unpaired) electrons. The first-order chi connectivity index (χ1) is 7.86. The van der Waals surface area contributed by atoms with Crippen LogP contribution in [-0.2, 0) is 4.79 Å². The molecule has 1 amide bonds. The van der Waals surface area contributed by atoms with Crippen molar-refractivity contribution in [2.75, 3.05) is 24.6 Å². The summed E-state index contributed by atoms with van der Waals surface area (Å²) in [4.78, 5) is 15.6. The second-order valence-electron chi connectivity index (χ2n) is 4.42. The van der Waals surface area contributed by atoms with E-state index in [4.69, 9.17) is 17.3 Å². The number of hydrogen-bond acceptors (Lipinski definition) is 4. The maximum atomic E-state index is 11.6. The van der Waals surface area contributed by atoms with Gasteiger partial charge in [0.2, 0.25) is 5.91 Å². The number of nitrogens with one attached hydrogen (secondary N) is 2. The molecule has 1 aromatic rings. The number of pyridine rings is 1. The van der Waals surface area contributed by atoms with Crippen LogP contribution in [0.5, 0.6) is 0 Å². The minimum atomic E-state index is -0.541. The fraction of sp³-hybridized carbons (Fsp3) is 0.455. The number of carbonyl (C=O) groups excluding carboxylic acids is 1. The van der Waals surface area contributed by atoms with Crippen LogP contribution in [0.1, 0.15) is 13.8 Å². The standard InChI is InChI=1S/C11H17ClN4O/c1-11(2,10(17)14-3)6-16-9-8(12)4-7(13)5-15-9/h4-5H,6,13H2,1-3H3,(H,14,17)(H,15,16). The second-order valence-corrected chi connectivity index (χ2v) is 4.82. The number of rotatable bonds is 4. The van der Waals surface area contributed by atoms with Crippen molar-refractivity contribution in [3.8, 4) is 0 Å². The molecule has 0 aliphatic rings. The molecule has 17 heavy (non-hydrogen) atoms. The number of carbonyl (C=O) groups is 1. The van der Waals surface area contributed by atoms with Crippen molar-refractivity contribution in [3.05, 3.63) is 17.3 Å². The number of amides is 1. The average Bonchev–Trinajstić information content (AvgIpc) is 2.26. The molecule has 0 atom stereocenters. The highest BCUT2D eigenvalue weighted by Crippen LogP contribution is 2.23. The van der Waals surface area contributed by atoms with Crippen molar-refractivity contribution in [3.63, 3.8) is 0 Å². The van der Waals surface area contributed by atoms with Gasteiger partial charge in [0.1, 0.15) is 5.82 Å². The fourth-order valence-corrected chi connectivity index (χ4v) is 1.55. The zero-order valence-electron chi connectivity index (χ0n) is 10.2. The van der Waals surface area contributed by atoms with Gasteiger partial charge in [0.25, 0.3) is 0 Å². The lowest BCUT2D eigenvalue weighted by atomic mass is 9.92. The molecule has 0 unspecified atom stereocenters. The topological polar surface area (TPSA) is 80.0 Å². The third kappa shape index (κ3) is 3.49. The molecule has 0 saturated heterocycles. The van der Waals surface area contributed by atoms with Gasteiger partial charge in [-0.05, 0) is 19.9 Å². The number of nitrogens with zero attached hydrogens (tertiary/aromatic N) is 1. The summed E-state index contributed by atoms with van der Waals surface area (Å²) in [5, 5.41) is 6.09. The van der Waals surface area contributed by atoms with Gasteiger partial charge < -0.3 is 16.4 Å². The largest absolute Gasteiger partial charge is 0.397 e. The maximum Gasteiger partial charge on any atom is 0.227 e. The average molecular weight is 257 g/mol. The first-order valence-corrected chi connectivity index (χ1v) is 5.61. The fourth-order valence-electron chi connectivity index (χ4n) is 1.31. The first kappa shape index (κ1) is 13.6. The predicted octanol–water partition coefficient (Wildman–Crippen LogP) is 1.50. The Balaban J connectivity index is 2.70. The van der Waals surface area contributed by atoms with Crippen molar-refractivity contribution >= 4 is 29.0 Å². The lowest BCUT2D eigenvalue weighted by molar-refractivity contribution is -0.128. The molecule has 0 bridgehead atoms. The summed E-state index contributed by atoms with van der Waals surface area (Å²) >= 11 is 5.97. The Labute approximate surface area is 106 Å². The summed E-state index contributed by atoms with van der Waals surface area (Å²) in [6.45, 7) is 4.11. The smallest absolute Gasteiger partial charge is 0.227 e. The molecule has 0 aromatic carbocycles. The SMILES string of the molecule is CNC(=O)C(C)(C)CNc1ncc(N)cc1Cl. The highest BCUT2D eigenvalue weighted by Gasteiger charge is 2.26. The Morgan fingerprint density at radius 2 is 2.24 bits per heavy atom. The van der Waals surface area contributed by atoms with Gasteiger partial charge in [0, 0.05) is 13.6 Å². The van der Waals surface area contributed by atoms with Gasteiger partial charge in [0.05, 0.1) is 22.3 Å². The molecule has 0 aliphatic heterocycles. The lowest BCUT2D eigenvalue weighted by Gasteiger charge is -2.23. The highest BCUT2D eigenvalue weighted by molar-refractivity contribution is 6.33. The molecule has 1 rings (SSSR count). The summed E-state index contributed by atoms with van der Waals surface area (Å²) in [5.74, 6) is 0.481. The van der Waals surface area contributed by atoms with Gasteiger partial charge in [-0.3, -0.25) is 4.79 Å². The highest BCUT2D eigenvalue weighted by atomic mass is 35.5. The molecule has 0 aliphatic carbocycles. The van der Waals surface area contributed by atoms with Crippen LogP contribution in [0.4, 0.5) is 11.5 Å². The molecule has 5 nitrogen and oxygen atoms in total. The van der Waals surface area contributed by atoms with Crippen molar-refractivity contribution in [2.45, 2.75) is 13.8 Å². The van der Waals surface area contributed by atoms with Crippen molar-refractivity contribution in [2.24, 2.45) is 5.41 Å². The molecule has 6 heteroatoms. The molecule has 0 spiro atoms. The number of anilines is 2. The van der Waals surface area contributed by atoms with E-state index in [-0.39, 0.29) is 5.91 Å². The number of halogens is 1. The van der Waals surface area contributed by atoms with E-state index in [9.17, 15) is 4.79 Å². The Kier molecular flexibility index (Phi) is 4.17. The van der Waals surface area contributed by atoms with Gasteiger partial charge in [-0.25, -0.2) is 4.98 Å². The zero-order valence-corrected chi connectivity index (χ0v) is 10.9. The van der Waals surface area contributed by atoms with Crippen LogP contribution >= 0.6 is 11.6 Å².